The van der Waals surface area contributed by atoms with Gasteiger partial charge in [-0.1, -0.05) is 24.3 Å². The standard InChI is InChI=1S/C20H23F3N2O4S/c21-20(22,23)30(26,27)19-7-2-1-6-18(19)24-15-16-4-3-5-17(14-16)29-13-10-25-8-11-28-12-9-25/h1-7,14,24H,8-13,15H2. The van der Waals surface area contributed by atoms with Crippen LogP contribution in [0.15, 0.2) is 53.4 Å². The summed E-state index contributed by atoms with van der Waals surface area (Å²) < 4.78 is 73.4. The first kappa shape index (κ1) is 22.4. The Kier molecular flexibility index (Phi) is 7.22. The van der Waals surface area contributed by atoms with Gasteiger partial charge in [0.25, 0.3) is 9.84 Å². The van der Waals surface area contributed by atoms with E-state index in [1.54, 1.807) is 24.3 Å². The van der Waals surface area contributed by atoms with Crippen LogP contribution in [0.5, 0.6) is 5.75 Å². The van der Waals surface area contributed by atoms with Crippen molar-refractivity contribution in [2.75, 3.05) is 44.8 Å². The highest BCUT2D eigenvalue weighted by molar-refractivity contribution is 7.92. The summed E-state index contributed by atoms with van der Waals surface area (Å²) in [7, 11) is -5.44. The van der Waals surface area contributed by atoms with Crippen molar-refractivity contribution in [2.24, 2.45) is 0 Å². The van der Waals surface area contributed by atoms with Crippen molar-refractivity contribution in [1.29, 1.82) is 0 Å². The van der Waals surface area contributed by atoms with Gasteiger partial charge in [-0.2, -0.15) is 13.2 Å². The van der Waals surface area contributed by atoms with Crippen LogP contribution in [0.3, 0.4) is 0 Å². The molecule has 30 heavy (non-hydrogen) atoms. The Hall–Kier alpha value is -2.30. The van der Waals surface area contributed by atoms with Crippen molar-refractivity contribution in [3.8, 4) is 5.75 Å². The van der Waals surface area contributed by atoms with Crippen LogP contribution >= 0.6 is 0 Å². The van der Waals surface area contributed by atoms with E-state index in [1.807, 2.05) is 0 Å². The molecule has 0 aliphatic carbocycles. The first-order valence-electron chi connectivity index (χ1n) is 9.43. The van der Waals surface area contributed by atoms with Gasteiger partial charge in [-0.05, 0) is 29.8 Å². The van der Waals surface area contributed by atoms with Gasteiger partial charge in [0.2, 0.25) is 0 Å². The lowest BCUT2D eigenvalue weighted by atomic mass is 10.2. The third-order valence-corrected chi connectivity index (χ3v) is 6.19. The lowest BCUT2D eigenvalue weighted by Crippen LogP contribution is -2.38. The maximum Gasteiger partial charge on any atom is 0.501 e. The van der Waals surface area contributed by atoms with Crippen molar-refractivity contribution in [2.45, 2.75) is 16.9 Å². The van der Waals surface area contributed by atoms with Gasteiger partial charge in [-0.3, -0.25) is 4.90 Å². The Morgan fingerprint density at radius 3 is 2.53 bits per heavy atom. The molecule has 0 unspecified atom stereocenters. The zero-order chi connectivity index (χ0) is 21.6. The second-order valence-corrected chi connectivity index (χ2v) is 8.66. The third-order valence-electron chi connectivity index (χ3n) is 4.64. The van der Waals surface area contributed by atoms with E-state index in [-0.39, 0.29) is 12.2 Å². The Morgan fingerprint density at radius 1 is 1.07 bits per heavy atom. The fourth-order valence-electron chi connectivity index (χ4n) is 3.03. The summed E-state index contributed by atoms with van der Waals surface area (Å²) >= 11 is 0. The Labute approximate surface area is 173 Å². The molecule has 1 N–H and O–H groups in total. The fourth-order valence-corrected chi connectivity index (χ4v) is 3.97. The summed E-state index contributed by atoms with van der Waals surface area (Å²) in [6, 6.07) is 12.1. The summed E-state index contributed by atoms with van der Waals surface area (Å²) in [6.45, 7) is 4.59. The van der Waals surface area contributed by atoms with Crippen LogP contribution < -0.4 is 10.1 Å². The van der Waals surface area contributed by atoms with Gasteiger partial charge in [-0.25, -0.2) is 8.42 Å². The number of sulfone groups is 1. The van der Waals surface area contributed by atoms with Crippen molar-refractivity contribution < 1.29 is 31.1 Å². The fraction of sp³-hybridized carbons (Fsp3) is 0.400. The number of alkyl halides is 3. The third kappa shape index (κ3) is 5.65. The van der Waals surface area contributed by atoms with Crippen molar-refractivity contribution in [3.63, 3.8) is 0 Å². The van der Waals surface area contributed by atoms with Crippen LogP contribution in [-0.4, -0.2) is 58.3 Å². The number of benzene rings is 2. The first-order valence-corrected chi connectivity index (χ1v) is 10.9. The molecule has 1 aliphatic heterocycles. The number of nitrogens with one attached hydrogen (secondary N) is 1. The summed E-state index contributed by atoms with van der Waals surface area (Å²) in [6.07, 6.45) is 0. The number of halogens is 3. The molecule has 1 saturated heterocycles. The highest BCUT2D eigenvalue weighted by atomic mass is 32.2. The average molecular weight is 444 g/mol. The number of para-hydroxylation sites is 1. The molecule has 6 nitrogen and oxygen atoms in total. The average Bonchev–Trinajstić information content (AvgIpc) is 2.73. The summed E-state index contributed by atoms with van der Waals surface area (Å²) in [5, 5.41) is 2.79. The molecule has 0 radical (unpaired) electrons. The highest BCUT2D eigenvalue weighted by Crippen LogP contribution is 2.34. The molecule has 0 bridgehead atoms. The van der Waals surface area contributed by atoms with Crippen molar-refractivity contribution in [3.05, 3.63) is 54.1 Å². The predicted octanol–water partition coefficient (Wildman–Crippen LogP) is 3.30. The van der Waals surface area contributed by atoms with Gasteiger partial charge in [0.1, 0.15) is 12.4 Å². The second-order valence-electron chi connectivity index (χ2n) is 6.75. The van der Waals surface area contributed by atoms with Crippen molar-refractivity contribution in [1.82, 2.24) is 4.90 Å². The molecule has 0 atom stereocenters. The zero-order valence-electron chi connectivity index (χ0n) is 16.2. The van der Waals surface area contributed by atoms with Gasteiger partial charge >= 0.3 is 5.51 Å². The van der Waals surface area contributed by atoms with Crippen LogP contribution in [0.2, 0.25) is 0 Å². The number of hydrogen-bond donors (Lipinski definition) is 1. The molecule has 3 rings (SSSR count). The Balaban J connectivity index is 1.61. The minimum absolute atomic E-state index is 0.103. The van der Waals surface area contributed by atoms with E-state index in [4.69, 9.17) is 9.47 Å². The van der Waals surface area contributed by atoms with E-state index in [1.165, 1.54) is 18.2 Å². The Morgan fingerprint density at radius 2 is 1.80 bits per heavy atom. The molecular weight excluding hydrogens is 421 g/mol. The number of anilines is 1. The summed E-state index contributed by atoms with van der Waals surface area (Å²) in [5.74, 6) is 0.638. The number of hydrogen-bond acceptors (Lipinski definition) is 6. The Bertz CT molecular complexity index is 945. The van der Waals surface area contributed by atoms with Gasteiger partial charge in [0, 0.05) is 26.2 Å². The maximum atomic E-state index is 12.9. The quantitative estimate of drug-likeness (QED) is 0.674. The zero-order valence-corrected chi connectivity index (χ0v) is 17.0. The molecule has 1 fully saturated rings. The topological polar surface area (TPSA) is 67.9 Å². The van der Waals surface area contributed by atoms with Crippen molar-refractivity contribution >= 4 is 15.5 Å². The summed E-state index contributed by atoms with van der Waals surface area (Å²) in [4.78, 5) is 1.45. The second kappa shape index (κ2) is 9.67. The lowest BCUT2D eigenvalue weighted by Gasteiger charge is -2.26. The van der Waals surface area contributed by atoms with Gasteiger partial charge in [0.15, 0.2) is 0 Å². The van der Waals surface area contributed by atoms with Crippen LogP contribution in [0.1, 0.15) is 5.56 Å². The minimum Gasteiger partial charge on any atom is -0.492 e. The number of ether oxygens (including phenoxy) is 2. The predicted molar refractivity (Wildman–Crippen MR) is 106 cm³/mol. The monoisotopic (exact) mass is 444 g/mol. The van der Waals surface area contributed by atoms with Crippen LogP contribution in [0, 0.1) is 0 Å². The van der Waals surface area contributed by atoms with E-state index < -0.39 is 20.2 Å². The van der Waals surface area contributed by atoms with E-state index in [9.17, 15) is 21.6 Å². The largest absolute Gasteiger partial charge is 0.501 e. The SMILES string of the molecule is O=S(=O)(c1ccccc1NCc1cccc(OCCN2CCOCC2)c1)C(F)(F)F. The number of rotatable bonds is 8. The molecule has 0 aromatic heterocycles. The maximum absolute atomic E-state index is 12.9. The van der Waals surface area contributed by atoms with Gasteiger partial charge in [-0.15, -0.1) is 0 Å². The lowest BCUT2D eigenvalue weighted by molar-refractivity contribution is -0.0435. The smallest absolute Gasteiger partial charge is 0.492 e. The number of morpholine rings is 1. The first-order chi connectivity index (χ1) is 14.3. The summed E-state index contributed by atoms with van der Waals surface area (Å²) in [5.41, 5.74) is -4.72. The van der Waals surface area contributed by atoms with Crippen LogP contribution in [0.25, 0.3) is 0 Å². The normalized spacial score (nSPS) is 15.7. The van der Waals surface area contributed by atoms with E-state index >= 15 is 0 Å². The van der Waals surface area contributed by atoms with Crippen LogP contribution in [0.4, 0.5) is 18.9 Å². The number of nitrogens with zero attached hydrogens (tertiary/aromatic N) is 1. The molecule has 1 aliphatic rings. The molecule has 0 spiro atoms. The van der Waals surface area contributed by atoms with Gasteiger partial charge < -0.3 is 14.8 Å². The molecule has 2 aromatic carbocycles. The van der Waals surface area contributed by atoms with E-state index in [2.05, 4.69) is 10.2 Å². The molecule has 0 saturated carbocycles. The van der Waals surface area contributed by atoms with Crippen LogP contribution in [-0.2, 0) is 21.1 Å². The molecular formula is C20H23F3N2O4S. The van der Waals surface area contributed by atoms with Gasteiger partial charge in [0.05, 0.1) is 23.8 Å². The van der Waals surface area contributed by atoms with E-state index in [0.29, 0.717) is 25.6 Å². The molecule has 164 valence electrons. The molecule has 2 aromatic rings. The molecule has 1 heterocycles. The van der Waals surface area contributed by atoms with E-state index in [0.717, 1.165) is 31.3 Å². The molecule has 10 heteroatoms. The highest BCUT2D eigenvalue weighted by Gasteiger charge is 2.47. The minimum atomic E-state index is -5.44. The molecule has 0 amide bonds.